The van der Waals surface area contributed by atoms with Crippen LogP contribution in [0.25, 0.3) is 10.9 Å². The average Bonchev–Trinajstić information content (AvgIpc) is 2.51. The van der Waals surface area contributed by atoms with Gasteiger partial charge in [-0.1, -0.05) is 6.07 Å². The molecule has 1 aromatic carbocycles. The van der Waals surface area contributed by atoms with Gasteiger partial charge in [0, 0.05) is 25.2 Å². The van der Waals surface area contributed by atoms with Gasteiger partial charge in [-0.15, -0.1) is 12.4 Å². The molecule has 1 aromatic heterocycles. The Labute approximate surface area is 140 Å². The van der Waals surface area contributed by atoms with Crippen molar-refractivity contribution in [3.05, 3.63) is 35.3 Å². The molecule has 0 saturated heterocycles. The van der Waals surface area contributed by atoms with Crippen LogP contribution in [0, 0.1) is 12.7 Å². The Morgan fingerprint density at radius 2 is 2.13 bits per heavy atom. The Bertz CT molecular complexity index is 695. The standard InChI is InChI=1S/C16H19FN2O3.ClH/c1-4-22-16(20)11-9-19-15-12(17)6-5-10(2)13(15)14(11)18-7-8-21-3;/h5-6,9H,4,7-8H2,1-3H3,(H,18,19);1H. The fourth-order valence-electron chi connectivity index (χ4n) is 2.26. The second kappa shape index (κ2) is 8.64. The van der Waals surface area contributed by atoms with Gasteiger partial charge in [-0.05, 0) is 25.5 Å². The van der Waals surface area contributed by atoms with Crippen molar-refractivity contribution in [3.8, 4) is 0 Å². The van der Waals surface area contributed by atoms with Crippen LogP contribution in [0.2, 0.25) is 0 Å². The summed E-state index contributed by atoms with van der Waals surface area (Å²) in [6, 6.07) is 3.03. The molecule has 23 heavy (non-hydrogen) atoms. The summed E-state index contributed by atoms with van der Waals surface area (Å²) in [7, 11) is 1.59. The van der Waals surface area contributed by atoms with Crippen molar-refractivity contribution < 1.29 is 18.7 Å². The first-order valence-corrected chi connectivity index (χ1v) is 7.07. The summed E-state index contributed by atoms with van der Waals surface area (Å²) in [6.45, 7) is 4.78. The molecule has 0 aliphatic heterocycles. The number of nitrogens with one attached hydrogen (secondary N) is 1. The van der Waals surface area contributed by atoms with E-state index in [0.717, 1.165) is 5.56 Å². The Morgan fingerprint density at radius 3 is 2.78 bits per heavy atom. The number of aromatic nitrogens is 1. The van der Waals surface area contributed by atoms with Gasteiger partial charge in [0.25, 0.3) is 0 Å². The van der Waals surface area contributed by atoms with Gasteiger partial charge in [-0.3, -0.25) is 4.98 Å². The average molecular weight is 343 g/mol. The summed E-state index contributed by atoms with van der Waals surface area (Å²) in [5.41, 5.74) is 1.87. The van der Waals surface area contributed by atoms with Crippen LogP contribution in [-0.2, 0) is 9.47 Å². The number of carbonyl (C=O) groups is 1. The molecule has 0 aliphatic rings. The van der Waals surface area contributed by atoms with Gasteiger partial charge in [-0.2, -0.15) is 0 Å². The largest absolute Gasteiger partial charge is 0.462 e. The quantitative estimate of drug-likeness (QED) is 0.644. The summed E-state index contributed by atoms with van der Waals surface area (Å²) in [6.07, 6.45) is 1.35. The van der Waals surface area contributed by atoms with Crippen LogP contribution >= 0.6 is 12.4 Å². The molecule has 126 valence electrons. The molecule has 1 N–H and O–H groups in total. The number of pyridine rings is 1. The van der Waals surface area contributed by atoms with Crippen LogP contribution in [0.4, 0.5) is 10.1 Å². The van der Waals surface area contributed by atoms with E-state index >= 15 is 0 Å². The Morgan fingerprint density at radius 1 is 1.39 bits per heavy atom. The molecular formula is C16H20ClFN2O3. The number of halogens is 2. The third kappa shape index (κ3) is 4.09. The molecule has 5 nitrogen and oxygen atoms in total. The predicted molar refractivity (Wildman–Crippen MR) is 90.0 cm³/mol. The highest BCUT2D eigenvalue weighted by Crippen LogP contribution is 2.30. The van der Waals surface area contributed by atoms with E-state index in [9.17, 15) is 9.18 Å². The zero-order valence-electron chi connectivity index (χ0n) is 13.3. The van der Waals surface area contributed by atoms with Crippen LogP contribution in [0.5, 0.6) is 0 Å². The minimum absolute atomic E-state index is 0. The van der Waals surface area contributed by atoms with Gasteiger partial charge in [-0.25, -0.2) is 9.18 Å². The molecule has 2 rings (SSSR count). The topological polar surface area (TPSA) is 60.5 Å². The number of methoxy groups -OCH3 is 1. The number of carbonyl (C=O) groups excluding carboxylic acids is 1. The molecule has 0 fully saturated rings. The summed E-state index contributed by atoms with van der Waals surface area (Å²) in [5.74, 6) is -0.911. The van der Waals surface area contributed by atoms with Crippen LogP contribution < -0.4 is 5.32 Å². The number of ether oxygens (including phenoxy) is 2. The maximum atomic E-state index is 14.0. The van der Waals surface area contributed by atoms with E-state index in [4.69, 9.17) is 9.47 Å². The van der Waals surface area contributed by atoms with Gasteiger partial charge in [0.2, 0.25) is 0 Å². The molecular weight excluding hydrogens is 323 g/mol. The fraction of sp³-hybridized carbons (Fsp3) is 0.375. The third-order valence-electron chi connectivity index (χ3n) is 3.28. The van der Waals surface area contributed by atoms with Crippen molar-refractivity contribution in [2.75, 3.05) is 32.2 Å². The van der Waals surface area contributed by atoms with Crippen LogP contribution in [0.15, 0.2) is 18.3 Å². The van der Waals surface area contributed by atoms with E-state index in [1.807, 2.05) is 6.92 Å². The number of rotatable bonds is 6. The molecule has 0 radical (unpaired) electrons. The lowest BCUT2D eigenvalue weighted by atomic mass is 10.0. The summed E-state index contributed by atoms with van der Waals surface area (Å²) in [4.78, 5) is 16.2. The van der Waals surface area contributed by atoms with Crippen molar-refractivity contribution in [3.63, 3.8) is 0 Å². The van der Waals surface area contributed by atoms with E-state index < -0.39 is 11.8 Å². The monoisotopic (exact) mass is 342 g/mol. The highest BCUT2D eigenvalue weighted by Gasteiger charge is 2.19. The molecule has 0 bridgehead atoms. The molecule has 0 unspecified atom stereocenters. The Hall–Kier alpha value is -1.92. The normalized spacial score (nSPS) is 10.3. The first-order valence-electron chi connectivity index (χ1n) is 7.07. The number of esters is 1. The fourth-order valence-corrected chi connectivity index (χ4v) is 2.26. The molecule has 0 saturated carbocycles. The first-order chi connectivity index (χ1) is 10.6. The maximum absolute atomic E-state index is 14.0. The van der Waals surface area contributed by atoms with E-state index in [0.29, 0.717) is 29.8 Å². The molecule has 2 aromatic rings. The van der Waals surface area contributed by atoms with Crippen molar-refractivity contribution in [1.29, 1.82) is 0 Å². The van der Waals surface area contributed by atoms with Crippen LogP contribution in [0.3, 0.4) is 0 Å². The van der Waals surface area contributed by atoms with Crippen LogP contribution in [0.1, 0.15) is 22.8 Å². The molecule has 7 heteroatoms. The van der Waals surface area contributed by atoms with E-state index in [1.165, 1.54) is 12.3 Å². The minimum atomic E-state index is -0.486. The maximum Gasteiger partial charge on any atom is 0.341 e. The van der Waals surface area contributed by atoms with Gasteiger partial charge in [0.1, 0.15) is 16.9 Å². The number of anilines is 1. The van der Waals surface area contributed by atoms with Crippen molar-refractivity contribution in [2.24, 2.45) is 0 Å². The third-order valence-corrected chi connectivity index (χ3v) is 3.28. The van der Waals surface area contributed by atoms with Crippen molar-refractivity contribution in [1.82, 2.24) is 4.98 Å². The van der Waals surface area contributed by atoms with Crippen molar-refractivity contribution >= 4 is 35.0 Å². The molecule has 0 spiro atoms. The predicted octanol–water partition coefficient (Wildman–Crippen LogP) is 3.34. The highest BCUT2D eigenvalue weighted by atomic mass is 35.5. The smallest absolute Gasteiger partial charge is 0.341 e. The van der Waals surface area contributed by atoms with E-state index in [-0.39, 0.29) is 24.5 Å². The lowest BCUT2D eigenvalue weighted by Crippen LogP contribution is -2.14. The first kappa shape index (κ1) is 19.1. The van der Waals surface area contributed by atoms with Crippen LogP contribution in [-0.4, -0.2) is 37.8 Å². The number of benzene rings is 1. The summed E-state index contributed by atoms with van der Waals surface area (Å²) >= 11 is 0. The second-order valence-corrected chi connectivity index (χ2v) is 4.77. The molecule has 0 amide bonds. The minimum Gasteiger partial charge on any atom is -0.462 e. The SMILES string of the molecule is CCOC(=O)c1cnc2c(F)ccc(C)c2c1NCCOC.Cl. The number of hydrogen-bond donors (Lipinski definition) is 1. The van der Waals surface area contributed by atoms with E-state index in [1.54, 1.807) is 20.1 Å². The summed E-state index contributed by atoms with van der Waals surface area (Å²) in [5, 5.41) is 3.72. The molecule has 0 atom stereocenters. The van der Waals surface area contributed by atoms with Gasteiger partial charge in [0.15, 0.2) is 0 Å². The summed E-state index contributed by atoms with van der Waals surface area (Å²) < 4.78 is 24.0. The number of nitrogens with zero attached hydrogens (tertiary/aromatic N) is 1. The van der Waals surface area contributed by atoms with Gasteiger partial charge >= 0.3 is 5.97 Å². The number of aryl methyl sites for hydroxylation is 1. The highest BCUT2D eigenvalue weighted by molar-refractivity contribution is 6.06. The Kier molecular flexibility index (Phi) is 7.19. The zero-order chi connectivity index (χ0) is 16.1. The zero-order valence-corrected chi connectivity index (χ0v) is 14.1. The van der Waals surface area contributed by atoms with Gasteiger partial charge in [0.05, 0.1) is 18.9 Å². The lowest BCUT2D eigenvalue weighted by molar-refractivity contribution is 0.0527. The number of hydrogen-bond acceptors (Lipinski definition) is 5. The van der Waals surface area contributed by atoms with E-state index in [2.05, 4.69) is 10.3 Å². The molecule has 1 heterocycles. The Balaban J connectivity index is 0.00000264. The van der Waals surface area contributed by atoms with Crippen molar-refractivity contribution in [2.45, 2.75) is 13.8 Å². The molecule has 0 aliphatic carbocycles. The second-order valence-electron chi connectivity index (χ2n) is 4.77. The van der Waals surface area contributed by atoms with Gasteiger partial charge < -0.3 is 14.8 Å². The lowest BCUT2D eigenvalue weighted by Gasteiger charge is -2.15. The number of fused-ring (bicyclic) bond motifs is 1.